The second kappa shape index (κ2) is 6.25. The Hall–Kier alpha value is -0.570. The zero-order valence-corrected chi connectivity index (χ0v) is 12.6. The summed E-state index contributed by atoms with van der Waals surface area (Å²) in [6.07, 6.45) is 8.19. The molecule has 2 aliphatic carbocycles. The van der Waals surface area contributed by atoms with Crippen LogP contribution in [0.25, 0.3) is 0 Å². The van der Waals surface area contributed by atoms with Crippen LogP contribution in [-0.2, 0) is 4.79 Å². The van der Waals surface area contributed by atoms with Crippen LogP contribution in [0.1, 0.15) is 58.8 Å². The molecular formula is C16H29NO2. The van der Waals surface area contributed by atoms with Gasteiger partial charge in [-0.25, -0.2) is 0 Å². The Kier molecular flexibility index (Phi) is 4.88. The molecule has 110 valence electrons. The van der Waals surface area contributed by atoms with Gasteiger partial charge in [0.15, 0.2) is 0 Å². The third-order valence-electron chi connectivity index (χ3n) is 5.41. The molecule has 3 nitrogen and oxygen atoms in total. The lowest BCUT2D eigenvalue weighted by atomic mass is 9.75. The minimum absolute atomic E-state index is 0.153. The van der Waals surface area contributed by atoms with Crippen LogP contribution in [0.5, 0.6) is 0 Å². The van der Waals surface area contributed by atoms with E-state index in [1.807, 2.05) is 0 Å². The fourth-order valence-electron chi connectivity index (χ4n) is 3.85. The zero-order chi connectivity index (χ0) is 14.0. The molecule has 4 unspecified atom stereocenters. The van der Waals surface area contributed by atoms with Gasteiger partial charge in [-0.05, 0) is 57.9 Å². The summed E-state index contributed by atoms with van der Waals surface area (Å²) >= 11 is 0. The fourth-order valence-corrected chi connectivity index (χ4v) is 3.85. The van der Waals surface area contributed by atoms with E-state index in [1.54, 1.807) is 0 Å². The highest BCUT2D eigenvalue weighted by molar-refractivity contribution is 5.71. The Morgan fingerprint density at radius 3 is 2.53 bits per heavy atom. The van der Waals surface area contributed by atoms with E-state index in [9.17, 15) is 9.90 Å². The molecule has 2 saturated carbocycles. The predicted molar refractivity (Wildman–Crippen MR) is 77.1 cm³/mol. The molecule has 2 rings (SSSR count). The van der Waals surface area contributed by atoms with E-state index in [-0.39, 0.29) is 12.0 Å². The molecule has 0 spiro atoms. The molecule has 0 aromatic rings. The molecule has 2 aliphatic rings. The highest BCUT2D eigenvalue weighted by Crippen LogP contribution is 2.40. The largest absolute Gasteiger partial charge is 0.481 e. The van der Waals surface area contributed by atoms with Crippen LogP contribution in [0, 0.1) is 17.8 Å². The van der Waals surface area contributed by atoms with Crippen LogP contribution in [0.4, 0.5) is 0 Å². The van der Waals surface area contributed by atoms with Gasteiger partial charge in [0.2, 0.25) is 0 Å². The number of aliphatic carboxylic acids is 1. The van der Waals surface area contributed by atoms with Gasteiger partial charge in [0.25, 0.3) is 0 Å². The summed E-state index contributed by atoms with van der Waals surface area (Å²) in [5, 5.41) is 9.48. The third-order valence-corrected chi connectivity index (χ3v) is 5.41. The molecule has 19 heavy (non-hydrogen) atoms. The second-order valence-electron chi connectivity index (χ2n) is 6.72. The number of hydrogen-bond donors (Lipinski definition) is 1. The van der Waals surface area contributed by atoms with E-state index in [0.29, 0.717) is 6.04 Å². The summed E-state index contributed by atoms with van der Waals surface area (Å²) in [5.74, 6) is 0.805. The van der Waals surface area contributed by atoms with Crippen molar-refractivity contribution < 1.29 is 9.90 Å². The standard InChI is InChI=1S/C16H29NO2/c1-4-5-12-6-9-14(16(18)19)15(10-12)17(3)11(2)13-7-8-13/h11-15H,4-10H2,1-3H3,(H,18,19). The molecule has 0 aliphatic heterocycles. The smallest absolute Gasteiger partial charge is 0.308 e. The Bertz CT molecular complexity index is 314. The van der Waals surface area contributed by atoms with Crippen molar-refractivity contribution in [3.05, 3.63) is 0 Å². The Morgan fingerprint density at radius 2 is 2.00 bits per heavy atom. The lowest BCUT2D eigenvalue weighted by Gasteiger charge is -2.42. The van der Waals surface area contributed by atoms with Gasteiger partial charge in [-0.1, -0.05) is 19.8 Å². The monoisotopic (exact) mass is 267 g/mol. The topological polar surface area (TPSA) is 40.5 Å². The van der Waals surface area contributed by atoms with Gasteiger partial charge in [-0.15, -0.1) is 0 Å². The van der Waals surface area contributed by atoms with E-state index in [2.05, 4.69) is 25.8 Å². The van der Waals surface area contributed by atoms with Crippen LogP contribution in [-0.4, -0.2) is 35.1 Å². The summed E-state index contributed by atoms with van der Waals surface area (Å²) in [4.78, 5) is 13.9. The van der Waals surface area contributed by atoms with Gasteiger partial charge in [-0.3, -0.25) is 9.69 Å². The Labute approximate surface area is 117 Å². The van der Waals surface area contributed by atoms with Crippen LogP contribution in [0.15, 0.2) is 0 Å². The number of carboxylic acid groups (broad SMARTS) is 1. The highest BCUT2D eigenvalue weighted by atomic mass is 16.4. The minimum atomic E-state index is -0.588. The van der Waals surface area contributed by atoms with Crippen molar-refractivity contribution in [3.63, 3.8) is 0 Å². The van der Waals surface area contributed by atoms with Crippen molar-refractivity contribution in [2.24, 2.45) is 17.8 Å². The molecule has 0 saturated heterocycles. The van der Waals surface area contributed by atoms with E-state index >= 15 is 0 Å². The highest BCUT2D eigenvalue weighted by Gasteiger charge is 2.41. The maximum atomic E-state index is 11.5. The van der Waals surface area contributed by atoms with Gasteiger partial charge in [0.05, 0.1) is 5.92 Å². The zero-order valence-electron chi connectivity index (χ0n) is 12.6. The van der Waals surface area contributed by atoms with Gasteiger partial charge in [0.1, 0.15) is 0 Å². The maximum Gasteiger partial charge on any atom is 0.308 e. The summed E-state index contributed by atoms with van der Waals surface area (Å²) in [7, 11) is 2.15. The van der Waals surface area contributed by atoms with Crippen molar-refractivity contribution in [1.82, 2.24) is 4.90 Å². The summed E-state index contributed by atoms with van der Waals surface area (Å²) in [6.45, 7) is 4.51. The molecule has 0 aromatic carbocycles. The van der Waals surface area contributed by atoms with Crippen molar-refractivity contribution >= 4 is 5.97 Å². The fraction of sp³-hybridized carbons (Fsp3) is 0.938. The Balaban J connectivity index is 2.03. The molecule has 0 heterocycles. The average molecular weight is 267 g/mol. The number of rotatable bonds is 6. The van der Waals surface area contributed by atoms with E-state index in [0.717, 1.165) is 31.1 Å². The lowest BCUT2D eigenvalue weighted by Crippen LogP contribution is -2.49. The first kappa shape index (κ1) is 14.8. The average Bonchev–Trinajstić information content (AvgIpc) is 3.21. The molecule has 0 aromatic heterocycles. The first-order chi connectivity index (χ1) is 9.04. The van der Waals surface area contributed by atoms with Crippen molar-refractivity contribution in [2.45, 2.75) is 70.9 Å². The summed E-state index contributed by atoms with van der Waals surface area (Å²) in [5.41, 5.74) is 0. The molecule has 0 bridgehead atoms. The van der Waals surface area contributed by atoms with Crippen LogP contribution < -0.4 is 0 Å². The predicted octanol–water partition coefficient (Wildman–Crippen LogP) is 3.39. The number of hydrogen-bond acceptors (Lipinski definition) is 2. The van der Waals surface area contributed by atoms with Crippen LogP contribution in [0.2, 0.25) is 0 Å². The molecule has 2 fully saturated rings. The number of nitrogens with zero attached hydrogens (tertiary/aromatic N) is 1. The summed E-state index contributed by atoms with van der Waals surface area (Å²) in [6, 6.07) is 0.797. The van der Waals surface area contributed by atoms with E-state index in [1.165, 1.54) is 25.7 Å². The summed E-state index contributed by atoms with van der Waals surface area (Å²) < 4.78 is 0. The first-order valence-electron chi connectivity index (χ1n) is 7.99. The maximum absolute atomic E-state index is 11.5. The molecular weight excluding hydrogens is 238 g/mol. The molecule has 0 amide bonds. The van der Waals surface area contributed by atoms with Gasteiger partial charge >= 0.3 is 5.97 Å². The van der Waals surface area contributed by atoms with Gasteiger partial charge in [-0.2, -0.15) is 0 Å². The molecule has 0 radical (unpaired) electrons. The first-order valence-corrected chi connectivity index (χ1v) is 7.99. The normalized spacial score (nSPS) is 33.4. The van der Waals surface area contributed by atoms with E-state index < -0.39 is 5.97 Å². The Morgan fingerprint density at radius 1 is 1.32 bits per heavy atom. The van der Waals surface area contributed by atoms with Gasteiger partial charge < -0.3 is 5.11 Å². The number of carbonyl (C=O) groups is 1. The number of carboxylic acids is 1. The third kappa shape index (κ3) is 3.50. The van der Waals surface area contributed by atoms with Crippen molar-refractivity contribution in [2.75, 3.05) is 7.05 Å². The SMILES string of the molecule is CCCC1CCC(C(=O)O)C(N(C)C(C)C2CC2)C1. The molecule has 1 N–H and O–H groups in total. The van der Waals surface area contributed by atoms with Crippen molar-refractivity contribution in [1.29, 1.82) is 0 Å². The molecule has 4 atom stereocenters. The van der Waals surface area contributed by atoms with Crippen molar-refractivity contribution in [3.8, 4) is 0 Å². The van der Waals surface area contributed by atoms with Crippen LogP contribution >= 0.6 is 0 Å². The quantitative estimate of drug-likeness (QED) is 0.802. The lowest BCUT2D eigenvalue weighted by molar-refractivity contribution is -0.146. The van der Waals surface area contributed by atoms with Crippen LogP contribution in [0.3, 0.4) is 0 Å². The molecule has 3 heteroatoms. The minimum Gasteiger partial charge on any atom is -0.481 e. The van der Waals surface area contributed by atoms with E-state index in [4.69, 9.17) is 0 Å². The second-order valence-corrected chi connectivity index (χ2v) is 6.72. The van der Waals surface area contributed by atoms with Gasteiger partial charge in [0, 0.05) is 12.1 Å².